The molecule has 0 aromatic heterocycles. The predicted octanol–water partition coefficient (Wildman–Crippen LogP) is 8.09. The van der Waals surface area contributed by atoms with Crippen LogP contribution in [0.15, 0.2) is 105 Å². The Morgan fingerprint density at radius 1 is 0.622 bits per heavy atom. The predicted molar refractivity (Wildman–Crippen MR) is 139 cm³/mol. The summed E-state index contributed by atoms with van der Waals surface area (Å²) < 4.78 is 53.5. The second-order valence-corrected chi connectivity index (χ2v) is 11.5. The van der Waals surface area contributed by atoms with Gasteiger partial charge in [-0.3, -0.25) is 0 Å². The Hall–Kier alpha value is -3.29. The molecule has 0 atom stereocenters. The fourth-order valence-electron chi connectivity index (χ4n) is 4.08. The van der Waals surface area contributed by atoms with Gasteiger partial charge in [-0.1, -0.05) is 84.2 Å². The Balaban J connectivity index is 1.41. The summed E-state index contributed by atoms with van der Waals surface area (Å²) in [6.45, 7) is 0. The van der Waals surface area contributed by atoms with Crippen molar-refractivity contribution >= 4 is 55.0 Å². The van der Waals surface area contributed by atoms with Gasteiger partial charge in [0.15, 0.2) is 0 Å². The SMILES string of the molecule is O=P([O-])(OC1=Cc2cccc(F)c2Sc2ccccc21)OC1=Cc2cccc(F)c2Sc2ccccc21. The van der Waals surface area contributed by atoms with Crippen LogP contribution in [0.2, 0.25) is 0 Å². The molecular weight excluding hydrogens is 533 g/mol. The first-order chi connectivity index (χ1) is 17.9. The van der Waals surface area contributed by atoms with Gasteiger partial charge in [0.1, 0.15) is 23.2 Å². The van der Waals surface area contributed by atoms with Gasteiger partial charge in [-0.15, -0.1) is 0 Å². The van der Waals surface area contributed by atoms with E-state index in [1.807, 2.05) is 0 Å². The van der Waals surface area contributed by atoms with E-state index in [9.17, 15) is 18.2 Å². The Labute approximate surface area is 220 Å². The van der Waals surface area contributed by atoms with Gasteiger partial charge in [0.2, 0.25) is 0 Å². The third-order valence-electron chi connectivity index (χ3n) is 5.72. The van der Waals surface area contributed by atoms with E-state index in [-0.39, 0.29) is 11.5 Å². The smallest absolute Gasteiger partial charge is 0.372 e. The summed E-state index contributed by atoms with van der Waals surface area (Å²) >= 11 is 2.39. The number of hydrogen-bond acceptors (Lipinski definition) is 6. The standard InChI is InChI=1S/C28H17F2O4PS2/c29-21-11-5-7-17-15-23(19-9-1-3-13-25(19)36-27(17)21)33-35(31,32)34-24-16-18-8-6-12-22(30)28(18)37-26-14-4-2-10-20(24)26/h1-16H,(H,31,32)/p-1. The van der Waals surface area contributed by atoms with E-state index in [1.54, 1.807) is 72.8 Å². The van der Waals surface area contributed by atoms with Gasteiger partial charge >= 0.3 is 7.82 Å². The maximum Gasteiger partial charge on any atom is 0.372 e. The van der Waals surface area contributed by atoms with E-state index in [0.29, 0.717) is 41.8 Å². The monoisotopic (exact) mass is 549 g/mol. The molecule has 0 unspecified atom stereocenters. The molecule has 4 nitrogen and oxygen atoms in total. The number of rotatable bonds is 4. The van der Waals surface area contributed by atoms with Gasteiger partial charge in [0, 0.05) is 20.9 Å². The van der Waals surface area contributed by atoms with Crippen molar-refractivity contribution in [2.45, 2.75) is 19.6 Å². The van der Waals surface area contributed by atoms with Crippen LogP contribution in [0.1, 0.15) is 22.3 Å². The molecule has 4 aromatic carbocycles. The van der Waals surface area contributed by atoms with E-state index in [4.69, 9.17) is 9.05 Å². The highest BCUT2D eigenvalue weighted by molar-refractivity contribution is 7.99. The Morgan fingerprint density at radius 2 is 1.05 bits per heavy atom. The van der Waals surface area contributed by atoms with Gasteiger partial charge in [0.25, 0.3) is 0 Å². The first-order valence-electron chi connectivity index (χ1n) is 11.1. The van der Waals surface area contributed by atoms with Gasteiger partial charge < -0.3 is 13.9 Å². The molecule has 0 spiro atoms. The minimum absolute atomic E-state index is 0.00844. The first-order valence-corrected chi connectivity index (χ1v) is 14.2. The lowest BCUT2D eigenvalue weighted by Crippen LogP contribution is -2.08. The minimum atomic E-state index is -5.02. The summed E-state index contributed by atoms with van der Waals surface area (Å²) in [5, 5.41) is 0. The number of halogens is 2. The van der Waals surface area contributed by atoms with E-state index in [0.717, 1.165) is 0 Å². The van der Waals surface area contributed by atoms with Gasteiger partial charge in [-0.25, -0.2) is 13.3 Å². The fourth-order valence-corrected chi connectivity index (χ4v) is 7.01. The average Bonchev–Trinajstić information content (AvgIpc) is 3.13. The maximum atomic E-state index is 14.6. The molecule has 0 fully saturated rings. The topological polar surface area (TPSA) is 58.6 Å². The zero-order valence-corrected chi connectivity index (χ0v) is 21.4. The van der Waals surface area contributed by atoms with E-state index >= 15 is 0 Å². The van der Waals surface area contributed by atoms with Crippen LogP contribution >= 0.6 is 31.3 Å². The van der Waals surface area contributed by atoms with Crippen LogP contribution in [0, 0.1) is 11.6 Å². The largest absolute Gasteiger partial charge is 0.736 e. The second-order valence-electron chi connectivity index (χ2n) is 8.16. The number of phosphoric acid groups is 1. The van der Waals surface area contributed by atoms with Crippen LogP contribution in [-0.4, -0.2) is 0 Å². The number of phosphoric ester groups is 1. The molecule has 0 saturated heterocycles. The van der Waals surface area contributed by atoms with Crippen LogP contribution in [0.4, 0.5) is 8.78 Å². The highest BCUT2D eigenvalue weighted by Gasteiger charge is 2.26. The molecule has 0 bridgehead atoms. The molecular formula is C28H16F2O4PS2-. The van der Waals surface area contributed by atoms with Crippen LogP contribution in [-0.2, 0) is 13.6 Å². The molecule has 4 aromatic rings. The van der Waals surface area contributed by atoms with Crippen molar-refractivity contribution in [2.75, 3.05) is 0 Å². The molecule has 37 heavy (non-hydrogen) atoms. The van der Waals surface area contributed by atoms with E-state index in [1.165, 1.54) is 47.8 Å². The number of hydrogen-bond donors (Lipinski definition) is 0. The Kier molecular flexibility index (Phi) is 6.21. The lowest BCUT2D eigenvalue weighted by atomic mass is 10.1. The number of fused-ring (bicyclic) bond motifs is 4. The normalized spacial score (nSPS) is 14.0. The van der Waals surface area contributed by atoms with Gasteiger partial charge in [0.05, 0.1) is 9.79 Å². The third kappa shape index (κ3) is 4.74. The van der Waals surface area contributed by atoms with Crippen molar-refractivity contribution < 1.29 is 27.3 Å². The van der Waals surface area contributed by atoms with Crippen molar-refractivity contribution in [3.05, 3.63) is 119 Å². The zero-order chi connectivity index (χ0) is 25.6. The lowest BCUT2D eigenvalue weighted by molar-refractivity contribution is -0.213. The lowest BCUT2D eigenvalue weighted by Gasteiger charge is -2.27. The van der Waals surface area contributed by atoms with Crippen LogP contribution in [0.3, 0.4) is 0 Å². The molecule has 2 heterocycles. The molecule has 0 radical (unpaired) electrons. The third-order valence-corrected chi connectivity index (χ3v) is 8.98. The van der Waals surface area contributed by atoms with Gasteiger partial charge in [-0.05, 0) is 47.5 Å². The molecule has 2 aliphatic heterocycles. The molecule has 2 aliphatic rings. The highest BCUT2D eigenvalue weighted by Crippen LogP contribution is 2.53. The summed E-state index contributed by atoms with van der Waals surface area (Å²) in [5.74, 6) is -0.817. The highest BCUT2D eigenvalue weighted by atomic mass is 32.2. The zero-order valence-electron chi connectivity index (χ0n) is 18.9. The summed E-state index contributed by atoms with van der Waals surface area (Å²) in [6, 6.07) is 23.2. The van der Waals surface area contributed by atoms with Crippen LogP contribution < -0.4 is 4.89 Å². The van der Waals surface area contributed by atoms with Crippen LogP contribution in [0.5, 0.6) is 0 Å². The molecule has 0 saturated carbocycles. The van der Waals surface area contributed by atoms with Gasteiger partial charge in [-0.2, -0.15) is 0 Å². The molecule has 184 valence electrons. The molecule has 0 N–H and O–H groups in total. The van der Waals surface area contributed by atoms with E-state index < -0.39 is 19.5 Å². The summed E-state index contributed by atoms with van der Waals surface area (Å²) in [7, 11) is -5.02. The van der Waals surface area contributed by atoms with Crippen molar-refractivity contribution in [1.29, 1.82) is 0 Å². The van der Waals surface area contributed by atoms with Crippen molar-refractivity contribution in [2.24, 2.45) is 0 Å². The van der Waals surface area contributed by atoms with Crippen molar-refractivity contribution in [3.8, 4) is 0 Å². The Bertz CT molecular complexity index is 1550. The summed E-state index contributed by atoms with van der Waals surface area (Å²) in [4.78, 5) is 15.3. The quantitative estimate of drug-likeness (QED) is 0.240. The first kappa shape index (κ1) is 24.1. The molecule has 0 aliphatic carbocycles. The fraction of sp³-hybridized carbons (Fsp3) is 0. The minimum Gasteiger partial charge on any atom is -0.736 e. The average molecular weight is 550 g/mol. The summed E-state index contributed by atoms with van der Waals surface area (Å²) in [5.41, 5.74) is 1.94. The Morgan fingerprint density at radius 3 is 1.51 bits per heavy atom. The van der Waals surface area contributed by atoms with Crippen molar-refractivity contribution in [3.63, 3.8) is 0 Å². The maximum absolute atomic E-state index is 14.6. The molecule has 0 amide bonds. The molecule has 9 heteroatoms. The molecule has 6 rings (SSSR count). The second kappa shape index (κ2) is 9.54. The number of benzene rings is 4. The van der Waals surface area contributed by atoms with Crippen molar-refractivity contribution in [1.82, 2.24) is 0 Å². The van der Waals surface area contributed by atoms with E-state index in [2.05, 4.69) is 0 Å². The summed E-state index contributed by atoms with van der Waals surface area (Å²) in [6.07, 6.45) is 2.97. The van der Waals surface area contributed by atoms with Crippen LogP contribution in [0.25, 0.3) is 23.7 Å².